The van der Waals surface area contributed by atoms with Crippen LogP contribution in [0.5, 0.6) is 0 Å². The number of carbonyl (C=O) groups is 2. The van der Waals surface area contributed by atoms with Crippen molar-refractivity contribution >= 4 is 11.8 Å². The summed E-state index contributed by atoms with van der Waals surface area (Å²) in [4.78, 5) is 25.9. The Hall–Kier alpha value is -2.67. The number of aromatic amines is 1. The van der Waals surface area contributed by atoms with Crippen LogP contribution >= 0.6 is 0 Å². The van der Waals surface area contributed by atoms with Gasteiger partial charge in [0.15, 0.2) is 0 Å². The van der Waals surface area contributed by atoms with Crippen LogP contribution in [-0.2, 0) is 9.53 Å². The summed E-state index contributed by atoms with van der Waals surface area (Å²) in [5, 5.41) is 6.96. The molecule has 1 aliphatic rings. The third kappa shape index (κ3) is 3.03. The van der Waals surface area contributed by atoms with Crippen molar-refractivity contribution in [3.63, 3.8) is 0 Å². The lowest BCUT2D eigenvalue weighted by atomic mass is 10.1. The molecule has 0 saturated carbocycles. The van der Waals surface area contributed by atoms with E-state index in [1.165, 1.54) is 4.90 Å². The van der Waals surface area contributed by atoms with Gasteiger partial charge in [0.25, 0.3) is 5.91 Å². The van der Waals surface area contributed by atoms with E-state index in [9.17, 15) is 9.59 Å². The molecule has 2 amide bonds. The smallest absolute Gasteiger partial charge is 0.272 e. The number of rotatable bonds is 3. The van der Waals surface area contributed by atoms with Crippen molar-refractivity contribution in [1.82, 2.24) is 15.1 Å². The fraction of sp³-hybridized carbons (Fsp3) is 0.353. The van der Waals surface area contributed by atoms with Gasteiger partial charge in [-0.25, -0.2) is 0 Å². The molecular formula is C17H20N4O3. The first-order valence-corrected chi connectivity index (χ1v) is 7.81. The minimum atomic E-state index is -0.780. The average molecular weight is 328 g/mol. The number of hydrogen-bond donors (Lipinski definition) is 2. The van der Waals surface area contributed by atoms with Gasteiger partial charge in [-0.1, -0.05) is 29.8 Å². The molecule has 7 heteroatoms. The van der Waals surface area contributed by atoms with Crippen LogP contribution in [0.2, 0.25) is 0 Å². The third-order valence-electron chi connectivity index (χ3n) is 4.20. The number of amides is 2. The summed E-state index contributed by atoms with van der Waals surface area (Å²) >= 11 is 0. The highest BCUT2D eigenvalue weighted by Crippen LogP contribution is 2.21. The molecule has 1 aliphatic heterocycles. The van der Waals surface area contributed by atoms with E-state index in [2.05, 4.69) is 10.2 Å². The predicted octanol–water partition coefficient (Wildman–Crippen LogP) is 1.10. The zero-order chi connectivity index (χ0) is 17.3. The summed E-state index contributed by atoms with van der Waals surface area (Å²) in [5.41, 5.74) is 8.50. The zero-order valence-corrected chi connectivity index (χ0v) is 13.7. The van der Waals surface area contributed by atoms with Crippen molar-refractivity contribution in [3.05, 3.63) is 41.6 Å². The van der Waals surface area contributed by atoms with Gasteiger partial charge in [0.2, 0.25) is 5.91 Å². The lowest BCUT2D eigenvalue weighted by Gasteiger charge is -2.37. The van der Waals surface area contributed by atoms with E-state index in [1.807, 2.05) is 31.2 Å². The highest BCUT2D eigenvalue weighted by Gasteiger charge is 2.37. The van der Waals surface area contributed by atoms with E-state index in [4.69, 9.17) is 10.5 Å². The van der Waals surface area contributed by atoms with E-state index in [0.717, 1.165) is 11.1 Å². The second-order valence-corrected chi connectivity index (χ2v) is 5.95. The van der Waals surface area contributed by atoms with Gasteiger partial charge in [0, 0.05) is 12.1 Å². The maximum Gasteiger partial charge on any atom is 0.272 e. The van der Waals surface area contributed by atoms with Gasteiger partial charge in [-0.2, -0.15) is 5.10 Å². The fourth-order valence-corrected chi connectivity index (χ4v) is 2.89. The summed E-state index contributed by atoms with van der Waals surface area (Å²) in [7, 11) is 0. The molecule has 3 rings (SSSR count). The minimum absolute atomic E-state index is 0.306. The third-order valence-corrected chi connectivity index (χ3v) is 4.20. The van der Waals surface area contributed by atoms with E-state index in [-0.39, 0.29) is 5.91 Å². The second-order valence-electron chi connectivity index (χ2n) is 5.95. The molecule has 1 aromatic heterocycles. The lowest BCUT2D eigenvalue weighted by Crippen LogP contribution is -2.58. The number of ether oxygens (including phenoxy) is 1. The van der Waals surface area contributed by atoms with Crippen molar-refractivity contribution in [2.45, 2.75) is 26.0 Å². The summed E-state index contributed by atoms with van der Waals surface area (Å²) in [5.74, 6) is -0.881. The molecule has 0 bridgehead atoms. The van der Waals surface area contributed by atoms with Crippen LogP contribution in [0.25, 0.3) is 11.3 Å². The quantitative estimate of drug-likeness (QED) is 0.881. The number of nitrogens with two attached hydrogens (primary N) is 1. The summed E-state index contributed by atoms with van der Waals surface area (Å²) in [6.45, 7) is 4.43. The maximum absolute atomic E-state index is 12.8. The highest BCUT2D eigenvalue weighted by atomic mass is 16.5. The molecule has 1 aromatic carbocycles. The molecule has 0 spiro atoms. The predicted molar refractivity (Wildman–Crippen MR) is 88.2 cm³/mol. The van der Waals surface area contributed by atoms with Crippen molar-refractivity contribution in [3.8, 4) is 11.3 Å². The van der Waals surface area contributed by atoms with Gasteiger partial charge in [-0.15, -0.1) is 0 Å². The molecular weight excluding hydrogens is 308 g/mol. The maximum atomic E-state index is 12.8. The van der Waals surface area contributed by atoms with E-state index in [1.54, 1.807) is 13.0 Å². The number of H-pyrrole nitrogens is 1. The Bertz CT molecular complexity index is 753. The van der Waals surface area contributed by atoms with Gasteiger partial charge < -0.3 is 15.4 Å². The molecule has 24 heavy (non-hydrogen) atoms. The molecule has 7 nitrogen and oxygen atoms in total. The van der Waals surface area contributed by atoms with Gasteiger partial charge in [0.1, 0.15) is 11.7 Å². The van der Waals surface area contributed by atoms with Crippen LogP contribution in [0.15, 0.2) is 30.3 Å². The number of aromatic nitrogens is 2. The molecule has 1 saturated heterocycles. The first-order chi connectivity index (χ1) is 11.5. The van der Waals surface area contributed by atoms with Gasteiger partial charge >= 0.3 is 0 Å². The highest BCUT2D eigenvalue weighted by molar-refractivity contribution is 5.97. The molecule has 0 aliphatic carbocycles. The monoisotopic (exact) mass is 328 g/mol. The number of hydrogen-bond acceptors (Lipinski definition) is 4. The van der Waals surface area contributed by atoms with Crippen molar-refractivity contribution < 1.29 is 14.3 Å². The molecule has 3 N–H and O–H groups in total. The standard InChI is InChI=1S/C17H20N4O3/c1-10-3-5-12(6-4-10)13-9-14(20-19-13)17(23)21-7-8-24-11(2)15(21)16(18)22/h3-6,9,11,15H,7-8H2,1-2H3,(H2,18,22)(H,19,20)/t11-,15+/m1/s1. The Balaban J connectivity index is 1.85. The zero-order valence-electron chi connectivity index (χ0n) is 13.7. The number of aryl methyl sites for hydroxylation is 1. The average Bonchev–Trinajstić information content (AvgIpc) is 3.04. The van der Waals surface area contributed by atoms with Crippen molar-refractivity contribution in [2.75, 3.05) is 13.2 Å². The lowest BCUT2D eigenvalue weighted by molar-refractivity contribution is -0.132. The first-order valence-electron chi connectivity index (χ1n) is 7.81. The number of benzene rings is 1. The Morgan fingerprint density at radius 3 is 2.71 bits per heavy atom. The van der Waals surface area contributed by atoms with Crippen LogP contribution in [0.3, 0.4) is 0 Å². The fourth-order valence-electron chi connectivity index (χ4n) is 2.89. The SMILES string of the molecule is Cc1ccc(-c2cc(C(=O)N3CCO[C@H](C)[C@H]3C(N)=O)[nH]n2)cc1. The largest absolute Gasteiger partial charge is 0.374 e. The normalized spacial score (nSPS) is 20.8. The van der Waals surface area contributed by atoms with Crippen molar-refractivity contribution in [1.29, 1.82) is 0 Å². The summed E-state index contributed by atoms with van der Waals surface area (Å²) < 4.78 is 5.43. The molecule has 0 radical (unpaired) electrons. The van der Waals surface area contributed by atoms with Gasteiger partial charge in [-0.05, 0) is 19.9 Å². The van der Waals surface area contributed by atoms with Gasteiger partial charge in [0.05, 0.1) is 18.4 Å². The number of nitrogens with one attached hydrogen (secondary N) is 1. The number of morpholine rings is 1. The van der Waals surface area contributed by atoms with Crippen LogP contribution in [0, 0.1) is 6.92 Å². The Kier molecular flexibility index (Phi) is 4.35. The minimum Gasteiger partial charge on any atom is -0.374 e. The molecule has 0 unspecified atom stereocenters. The molecule has 1 fully saturated rings. The first kappa shape index (κ1) is 16.2. The number of primary amides is 1. The van der Waals surface area contributed by atoms with Crippen LogP contribution in [0.4, 0.5) is 0 Å². The Morgan fingerprint density at radius 2 is 2.04 bits per heavy atom. The van der Waals surface area contributed by atoms with E-state index >= 15 is 0 Å². The Labute approximate surface area is 139 Å². The molecule has 2 atom stereocenters. The van der Waals surface area contributed by atoms with Gasteiger partial charge in [-0.3, -0.25) is 14.7 Å². The summed E-state index contributed by atoms with van der Waals surface area (Å²) in [6.07, 6.45) is -0.431. The molecule has 2 aromatic rings. The van der Waals surface area contributed by atoms with Crippen LogP contribution in [0.1, 0.15) is 23.0 Å². The van der Waals surface area contributed by atoms with E-state index < -0.39 is 18.1 Å². The molecule has 2 heterocycles. The van der Waals surface area contributed by atoms with Crippen LogP contribution < -0.4 is 5.73 Å². The Morgan fingerprint density at radius 1 is 1.33 bits per heavy atom. The number of carbonyl (C=O) groups excluding carboxylic acids is 2. The second kappa shape index (κ2) is 6.45. The summed E-state index contributed by atoms with van der Waals surface area (Å²) in [6, 6.07) is 8.77. The topological polar surface area (TPSA) is 101 Å². The molecule has 126 valence electrons. The van der Waals surface area contributed by atoms with Crippen LogP contribution in [-0.4, -0.2) is 52.2 Å². The van der Waals surface area contributed by atoms with Crippen molar-refractivity contribution in [2.24, 2.45) is 5.73 Å². The van der Waals surface area contributed by atoms with E-state index in [0.29, 0.717) is 24.5 Å². The number of nitrogens with zero attached hydrogens (tertiary/aromatic N) is 2.